The van der Waals surface area contributed by atoms with Gasteiger partial charge >= 0.3 is 0 Å². The number of likely N-dealkylation sites (tertiary alicyclic amines) is 1. The Hall–Kier alpha value is -2.44. The largest absolute Gasteiger partial charge is 0.497 e. The standard InChI is InChI=1S/C21H19Cl2NO5/c1-27-14-3-5-18-15(9-14)17(25)10-21(29-18)6-7-24(12-21)20(26)11-28-19-4-2-13(22)8-16(19)23/h2-5,8-9H,6-7,10-12H2,1H3. The molecular formula is C21H19Cl2NO5. The number of benzene rings is 2. The molecule has 1 fully saturated rings. The Morgan fingerprint density at radius 3 is 2.83 bits per heavy atom. The van der Waals surface area contributed by atoms with Crippen molar-refractivity contribution in [2.45, 2.75) is 18.4 Å². The van der Waals surface area contributed by atoms with Crippen LogP contribution in [0.1, 0.15) is 23.2 Å². The lowest BCUT2D eigenvalue weighted by molar-refractivity contribution is -0.133. The number of methoxy groups -OCH3 is 1. The molecule has 6 nitrogen and oxygen atoms in total. The minimum absolute atomic E-state index is 0.0105. The second-order valence-corrected chi connectivity index (χ2v) is 8.02. The molecule has 1 saturated heterocycles. The number of ketones is 1. The van der Waals surface area contributed by atoms with Crippen molar-refractivity contribution in [1.82, 2.24) is 4.90 Å². The van der Waals surface area contributed by atoms with E-state index in [1.807, 2.05) is 0 Å². The molecule has 2 aromatic carbocycles. The molecule has 2 aliphatic heterocycles. The van der Waals surface area contributed by atoms with Gasteiger partial charge in [-0.1, -0.05) is 23.2 Å². The van der Waals surface area contributed by atoms with E-state index in [1.165, 1.54) is 0 Å². The van der Waals surface area contributed by atoms with E-state index < -0.39 is 5.60 Å². The highest BCUT2D eigenvalue weighted by Gasteiger charge is 2.47. The van der Waals surface area contributed by atoms with Crippen molar-refractivity contribution in [3.8, 4) is 17.2 Å². The molecule has 0 radical (unpaired) electrons. The Balaban J connectivity index is 1.41. The third kappa shape index (κ3) is 4.00. The van der Waals surface area contributed by atoms with Crippen molar-refractivity contribution in [1.29, 1.82) is 0 Å². The molecular weight excluding hydrogens is 417 g/mol. The van der Waals surface area contributed by atoms with E-state index >= 15 is 0 Å². The molecule has 2 heterocycles. The fourth-order valence-corrected chi connectivity index (χ4v) is 4.17. The maximum atomic E-state index is 12.7. The summed E-state index contributed by atoms with van der Waals surface area (Å²) < 4.78 is 16.9. The average molecular weight is 436 g/mol. The van der Waals surface area contributed by atoms with Crippen LogP contribution in [0.4, 0.5) is 0 Å². The minimum atomic E-state index is -0.702. The average Bonchev–Trinajstić information content (AvgIpc) is 3.10. The highest BCUT2D eigenvalue weighted by atomic mass is 35.5. The number of hydrogen-bond acceptors (Lipinski definition) is 5. The van der Waals surface area contributed by atoms with Crippen molar-refractivity contribution < 1.29 is 23.8 Å². The fraction of sp³-hybridized carbons (Fsp3) is 0.333. The predicted octanol–water partition coefficient (Wildman–Crippen LogP) is 4.02. The van der Waals surface area contributed by atoms with Crippen LogP contribution in [0.15, 0.2) is 36.4 Å². The molecule has 0 N–H and O–H groups in total. The van der Waals surface area contributed by atoms with Gasteiger partial charge in [0.15, 0.2) is 12.4 Å². The van der Waals surface area contributed by atoms with Crippen LogP contribution in [0.25, 0.3) is 0 Å². The van der Waals surface area contributed by atoms with Gasteiger partial charge in [-0.05, 0) is 36.4 Å². The molecule has 1 atom stereocenters. The number of nitrogens with zero attached hydrogens (tertiary/aromatic N) is 1. The Kier molecular flexibility index (Phi) is 5.32. The zero-order valence-electron chi connectivity index (χ0n) is 15.7. The molecule has 1 amide bonds. The molecule has 8 heteroatoms. The number of hydrogen-bond donors (Lipinski definition) is 0. The molecule has 0 aromatic heterocycles. The monoisotopic (exact) mass is 435 g/mol. The lowest BCUT2D eigenvalue weighted by Gasteiger charge is -2.34. The number of carbonyl (C=O) groups is 2. The van der Waals surface area contributed by atoms with Crippen molar-refractivity contribution >= 4 is 34.9 Å². The summed E-state index contributed by atoms with van der Waals surface area (Å²) in [5.74, 6) is 1.33. The van der Waals surface area contributed by atoms with Gasteiger partial charge in [-0.3, -0.25) is 9.59 Å². The third-order valence-corrected chi connectivity index (χ3v) is 5.74. The fourth-order valence-electron chi connectivity index (χ4n) is 3.71. The van der Waals surface area contributed by atoms with Gasteiger partial charge in [0.05, 0.1) is 30.7 Å². The summed E-state index contributed by atoms with van der Waals surface area (Å²) in [6, 6.07) is 10.0. The molecule has 0 aliphatic carbocycles. The molecule has 2 aliphatic rings. The normalized spacial score (nSPS) is 20.4. The van der Waals surface area contributed by atoms with Crippen LogP contribution in [-0.2, 0) is 4.79 Å². The third-order valence-electron chi connectivity index (χ3n) is 5.21. The number of carbonyl (C=O) groups excluding carboxylic acids is 2. The molecule has 1 spiro atoms. The van der Waals surface area contributed by atoms with Crippen LogP contribution < -0.4 is 14.2 Å². The van der Waals surface area contributed by atoms with Crippen LogP contribution in [-0.4, -0.2) is 49.0 Å². The molecule has 0 bridgehead atoms. The Bertz CT molecular complexity index is 980. The summed E-state index contributed by atoms with van der Waals surface area (Å²) in [5, 5.41) is 0.837. The summed E-state index contributed by atoms with van der Waals surface area (Å²) in [4.78, 5) is 26.9. The van der Waals surface area contributed by atoms with E-state index in [0.29, 0.717) is 52.4 Å². The van der Waals surface area contributed by atoms with Gasteiger partial charge in [-0.15, -0.1) is 0 Å². The van der Waals surface area contributed by atoms with Crippen LogP contribution >= 0.6 is 23.2 Å². The van der Waals surface area contributed by atoms with E-state index in [1.54, 1.807) is 48.4 Å². The molecule has 1 unspecified atom stereocenters. The first-order valence-electron chi connectivity index (χ1n) is 9.15. The molecule has 29 heavy (non-hydrogen) atoms. The second kappa shape index (κ2) is 7.76. The van der Waals surface area contributed by atoms with E-state index in [9.17, 15) is 9.59 Å². The van der Waals surface area contributed by atoms with Gasteiger partial charge in [0.1, 0.15) is 22.8 Å². The zero-order chi connectivity index (χ0) is 20.6. The summed E-state index contributed by atoms with van der Waals surface area (Å²) in [7, 11) is 1.55. The summed E-state index contributed by atoms with van der Waals surface area (Å²) in [6.45, 7) is 0.676. The molecule has 4 rings (SSSR count). The van der Waals surface area contributed by atoms with E-state index in [0.717, 1.165) is 0 Å². The van der Waals surface area contributed by atoms with Crippen LogP contribution in [0.2, 0.25) is 10.0 Å². The van der Waals surface area contributed by atoms with Gasteiger partial charge in [-0.25, -0.2) is 0 Å². The van der Waals surface area contributed by atoms with E-state index in [4.69, 9.17) is 37.4 Å². The van der Waals surface area contributed by atoms with Crippen LogP contribution in [0.3, 0.4) is 0 Å². The minimum Gasteiger partial charge on any atom is -0.497 e. The van der Waals surface area contributed by atoms with Crippen molar-refractivity contribution in [3.05, 3.63) is 52.0 Å². The smallest absolute Gasteiger partial charge is 0.260 e. The molecule has 2 aromatic rings. The summed E-state index contributed by atoms with van der Waals surface area (Å²) >= 11 is 11.9. The van der Waals surface area contributed by atoms with Crippen molar-refractivity contribution in [2.75, 3.05) is 26.8 Å². The number of Topliss-reactive ketones (excluding diaryl/α,β-unsaturated/α-hetero) is 1. The summed E-state index contributed by atoms with van der Waals surface area (Å²) in [6.07, 6.45) is 0.804. The SMILES string of the molecule is COc1ccc2c(c1)C(=O)CC1(CCN(C(=O)COc3ccc(Cl)cc3Cl)C1)O2. The highest BCUT2D eigenvalue weighted by molar-refractivity contribution is 6.35. The lowest BCUT2D eigenvalue weighted by Crippen LogP contribution is -2.45. The number of halogens is 2. The number of ether oxygens (including phenoxy) is 3. The Morgan fingerprint density at radius 2 is 2.07 bits per heavy atom. The highest BCUT2D eigenvalue weighted by Crippen LogP contribution is 2.40. The van der Waals surface area contributed by atoms with Crippen molar-refractivity contribution in [3.63, 3.8) is 0 Å². The maximum absolute atomic E-state index is 12.7. The van der Waals surface area contributed by atoms with Gasteiger partial charge in [0.25, 0.3) is 5.91 Å². The number of fused-ring (bicyclic) bond motifs is 1. The first kappa shape index (κ1) is 19.9. The predicted molar refractivity (Wildman–Crippen MR) is 108 cm³/mol. The lowest BCUT2D eigenvalue weighted by atomic mass is 9.89. The van der Waals surface area contributed by atoms with E-state index in [2.05, 4.69) is 0 Å². The molecule has 152 valence electrons. The molecule has 0 saturated carbocycles. The maximum Gasteiger partial charge on any atom is 0.260 e. The Morgan fingerprint density at radius 1 is 1.24 bits per heavy atom. The van der Waals surface area contributed by atoms with Crippen LogP contribution in [0.5, 0.6) is 17.2 Å². The number of amides is 1. The first-order valence-corrected chi connectivity index (χ1v) is 9.91. The van der Waals surface area contributed by atoms with Crippen molar-refractivity contribution in [2.24, 2.45) is 0 Å². The quantitative estimate of drug-likeness (QED) is 0.725. The summed E-state index contributed by atoms with van der Waals surface area (Å²) in [5.41, 5.74) is -0.188. The zero-order valence-corrected chi connectivity index (χ0v) is 17.3. The van der Waals surface area contributed by atoms with Gasteiger partial charge in [-0.2, -0.15) is 0 Å². The van der Waals surface area contributed by atoms with Gasteiger partial charge in [0.2, 0.25) is 0 Å². The number of rotatable bonds is 4. The first-order chi connectivity index (χ1) is 13.9. The van der Waals surface area contributed by atoms with E-state index in [-0.39, 0.29) is 24.7 Å². The topological polar surface area (TPSA) is 65.1 Å². The Labute approximate surface area is 178 Å². The van der Waals surface area contributed by atoms with Gasteiger partial charge < -0.3 is 19.1 Å². The van der Waals surface area contributed by atoms with Crippen LogP contribution in [0, 0.1) is 0 Å². The van der Waals surface area contributed by atoms with Gasteiger partial charge in [0, 0.05) is 18.0 Å². The second-order valence-electron chi connectivity index (χ2n) is 7.18.